The summed E-state index contributed by atoms with van der Waals surface area (Å²) in [5.41, 5.74) is 3.33. The number of halogens is 3. The molecule has 1 rings (SSSR count). The molecule has 5 heteroatoms. The van der Waals surface area contributed by atoms with Gasteiger partial charge in [0.05, 0.1) is 5.56 Å². The van der Waals surface area contributed by atoms with Crippen molar-refractivity contribution in [3.8, 4) is 0 Å². The van der Waals surface area contributed by atoms with E-state index < -0.39 is 39.8 Å². The van der Waals surface area contributed by atoms with Crippen LogP contribution in [0, 0.1) is 22.9 Å². The number of ketones is 1. The number of nitrogens with two attached hydrogens (primary N) is 1. The summed E-state index contributed by atoms with van der Waals surface area (Å²) in [4.78, 5) is 12.2. The number of carbonyl (C=O) groups excluding carboxylic acids is 1. The number of benzene rings is 1. The van der Waals surface area contributed by atoms with Crippen molar-refractivity contribution in [2.24, 2.45) is 11.1 Å². The third-order valence-corrected chi connectivity index (χ3v) is 3.46. The lowest BCUT2D eigenvalue weighted by molar-refractivity contribution is 0.0729. The quantitative estimate of drug-likeness (QED) is 0.669. The zero-order valence-electron chi connectivity index (χ0n) is 10.8. The van der Waals surface area contributed by atoms with Crippen molar-refractivity contribution in [2.75, 3.05) is 0 Å². The minimum atomic E-state index is -1.65. The predicted molar refractivity (Wildman–Crippen MR) is 62.7 cm³/mol. The van der Waals surface area contributed by atoms with E-state index in [9.17, 15) is 18.0 Å². The fraction of sp³-hybridized carbons (Fsp3) is 0.462. The van der Waals surface area contributed by atoms with E-state index in [1.54, 1.807) is 13.8 Å². The van der Waals surface area contributed by atoms with Crippen LogP contribution >= 0.6 is 0 Å². The average Bonchev–Trinajstić information content (AvgIpc) is 2.24. The Morgan fingerprint density at radius 2 is 1.56 bits per heavy atom. The van der Waals surface area contributed by atoms with Gasteiger partial charge in [0, 0.05) is 11.0 Å². The van der Waals surface area contributed by atoms with Gasteiger partial charge in [-0.25, -0.2) is 13.2 Å². The topological polar surface area (TPSA) is 43.1 Å². The summed E-state index contributed by atoms with van der Waals surface area (Å²) in [7, 11) is 0. The highest BCUT2D eigenvalue weighted by Crippen LogP contribution is 2.33. The summed E-state index contributed by atoms with van der Waals surface area (Å²) in [5, 5.41) is 0. The fourth-order valence-electron chi connectivity index (χ4n) is 1.33. The van der Waals surface area contributed by atoms with E-state index in [0.717, 1.165) is 12.1 Å². The second-order valence-corrected chi connectivity index (χ2v) is 5.40. The molecule has 0 unspecified atom stereocenters. The highest BCUT2D eigenvalue weighted by Gasteiger charge is 2.42. The summed E-state index contributed by atoms with van der Waals surface area (Å²) in [6, 6.07) is 1.66. The van der Waals surface area contributed by atoms with Crippen LogP contribution in [0.1, 0.15) is 38.1 Å². The lowest BCUT2D eigenvalue weighted by Gasteiger charge is -2.37. The zero-order chi connectivity index (χ0) is 14.3. The monoisotopic (exact) mass is 259 g/mol. The van der Waals surface area contributed by atoms with Crippen LogP contribution in [0.5, 0.6) is 0 Å². The molecule has 0 spiro atoms. The van der Waals surface area contributed by atoms with E-state index in [1.807, 2.05) is 0 Å². The van der Waals surface area contributed by atoms with Gasteiger partial charge in [-0.05, 0) is 26.0 Å². The van der Waals surface area contributed by atoms with Crippen LogP contribution in [-0.4, -0.2) is 11.3 Å². The van der Waals surface area contributed by atoms with Gasteiger partial charge in [-0.1, -0.05) is 13.8 Å². The molecule has 0 aliphatic rings. The van der Waals surface area contributed by atoms with E-state index in [0.29, 0.717) is 0 Å². The summed E-state index contributed by atoms with van der Waals surface area (Å²) in [6.07, 6.45) is 0. The molecular weight excluding hydrogens is 243 g/mol. The summed E-state index contributed by atoms with van der Waals surface area (Å²) in [6.45, 7) is 6.30. The van der Waals surface area contributed by atoms with E-state index in [2.05, 4.69) is 0 Å². The first-order valence-corrected chi connectivity index (χ1v) is 5.47. The summed E-state index contributed by atoms with van der Waals surface area (Å²) in [5.74, 6) is -5.11. The molecule has 0 saturated heterocycles. The lowest BCUT2D eigenvalue weighted by atomic mass is 9.70. The van der Waals surface area contributed by atoms with Crippen LogP contribution in [0.15, 0.2) is 12.1 Å². The highest BCUT2D eigenvalue weighted by atomic mass is 19.2. The maximum Gasteiger partial charge on any atom is 0.195 e. The Kier molecular flexibility index (Phi) is 3.58. The maximum absolute atomic E-state index is 13.6. The Balaban J connectivity index is 3.33. The number of Topliss-reactive ketones (excluding diaryl/α,β-unsaturated/α-hetero) is 1. The van der Waals surface area contributed by atoms with Crippen LogP contribution in [0.4, 0.5) is 13.2 Å². The second kappa shape index (κ2) is 4.39. The van der Waals surface area contributed by atoms with Crippen LogP contribution in [-0.2, 0) is 0 Å². The van der Waals surface area contributed by atoms with Crippen molar-refractivity contribution < 1.29 is 18.0 Å². The van der Waals surface area contributed by atoms with Crippen molar-refractivity contribution in [2.45, 2.75) is 33.2 Å². The van der Waals surface area contributed by atoms with Gasteiger partial charge in [-0.2, -0.15) is 0 Å². The molecule has 0 amide bonds. The first-order chi connectivity index (χ1) is 8.00. The smallest absolute Gasteiger partial charge is 0.195 e. The molecule has 0 saturated carbocycles. The number of rotatable bonds is 3. The fourth-order valence-corrected chi connectivity index (χ4v) is 1.33. The Morgan fingerprint density at radius 3 is 2.00 bits per heavy atom. The SMILES string of the molecule is CC(C)(N)C(C)(C)C(=O)c1ccc(F)c(F)c1F. The van der Waals surface area contributed by atoms with Gasteiger partial charge in [-0.3, -0.25) is 4.79 Å². The number of hydrogen-bond acceptors (Lipinski definition) is 2. The molecule has 0 fully saturated rings. The van der Waals surface area contributed by atoms with Crippen molar-refractivity contribution >= 4 is 5.78 Å². The van der Waals surface area contributed by atoms with Crippen molar-refractivity contribution in [1.29, 1.82) is 0 Å². The van der Waals surface area contributed by atoms with Crippen molar-refractivity contribution in [1.82, 2.24) is 0 Å². The van der Waals surface area contributed by atoms with Gasteiger partial charge in [0.15, 0.2) is 23.2 Å². The third-order valence-electron chi connectivity index (χ3n) is 3.46. The van der Waals surface area contributed by atoms with Gasteiger partial charge in [-0.15, -0.1) is 0 Å². The van der Waals surface area contributed by atoms with E-state index in [1.165, 1.54) is 13.8 Å². The maximum atomic E-state index is 13.6. The van der Waals surface area contributed by atoms with Crippen LogP contribution in [0.25, 0.3) is 0 Å². The molecule has 18 heavy (non-hydrogen) atoms. The molecule has 0 heterocycles. The largest absolute Gasteiger partial charge is 0.325 e. The first-order valence-electron chi connectivity index (χ1n) is 5.47. The van der Waals surface area contributed by atoms with Gasteiger partial charge in [0.2, 0.25) is 0 Å². The normalized spacial score (nSPS) is 12.7. The molecule has 100 valence electrons. The third kappa shape index (κ3) is 2.27. The van der Waals surface area contributed by atoms with Gasteiger partial charge >= 0.3 is 0 Å². The minimum absolute atomic E-state index is 0.488. The zero-order valence-corrected chi connectivity index (χ0v) is 10.8. The summed E-state index contributed by atoms with van der Waals surface area (Å²) >= 11 is 0. The van der Waals surface area contributed by atoms with Gasteiger partial charge in [0.1, 0.15) is 0 Å². The lowest BCUT2D eigenvalue weighted by Crippen LogP contribution is -2.52. The van der Waals surface area contributed by atoms with Gasteiger partial charge in [0.25, 0.3) is 0 Å². The van der Waals surface area contributed by atoms with E-state index in [-0.39, 0.29) is 0 Å². The molecule has 0 atom stereocenters. The molecule has 0 aliphatic heterocycles. The molecule has 0 aliphatic carbocycles. The Morgan fingerprint density at radius 1 is 1.06 bits per heavy atom. The molecule has 0 bridgehead atoms. The molecule has 2 nitrogen and oxygen atoms in total. The minimum Gasteiger partial charge on any atom is -0.325 e. The Labute approximate surface area is 104 Å². The average molecular weight is 259 g/mol. The molecule has 0 radical (unpaired) electrons. The molecule has 0 aromatic heterocycles. The highest BCUT2D eigenvalue weighted by molar-refractivity contribution is 6.01. The standard InChI is InChI=1S/C13H16F3NO/c1-12(2,13(3,4)17)11(18)7-5-6-8(14)10(16)9(7)15/h5-6H,17H2,1-4H3. The van der Waals surface area contributed by atoms with Crippen LogP contribution in [0.3, 0.4) is 0 Å². The molecular formula is C13H16F3NO. The van der Waals surface area contributed by atoms with Crippen LogP contribution in [0.2, 0.25) is 0 Å². The van der Waals surface area contributed by atoms with Gasteiger partial charge < -0.3 is 5.73 Å². The number of carbonyl (C=O) groups is 1. The second-order valence-electron chi connectivity index (χ2n) is 5.40. The Hall–Kier alpha value is -1.36. The predicted octanol–water partition coefficient (Wildman–Crippen LogP) is 3.05. The first kappa shape index (κ1) is 14.7. The molecule has 1 aromatic rings. The van der Waals surface area contributed by atoms with Crippen LogP contribution < -0.4 is 5.73 Å². The molecule has 2 N–H and O–H groups in total. The van der Waals surface area contributed by atoms with E-state index in [4.69, 9.17) is 5.73 Å². The van der Waals surface area contributed by atoms with E-state index >= 15 is 0 Å². The van der Waals surface area contributed by atoms with Crippen molar-refractivity contribution in [3.05, 3.63) is 35.1 Å². The van der Waals surface area contributed by atoms with Crippen molar-refractivity contribution in [3.63, 3.8) is 0 Å². The molecule has 1 aromatic carbocycles. The summed E-state index contributed by atoms with van der Waals surface area (Å²) < 4.78 is 39.5. The Bertz CT molecular complexity index is 490. The number of hydrogen-bond donors (Lipinski definition) is 1.